The van der Waals surface area contributed by atoms with Gasteiger partial charge in [-0.25, -0.2) is 0 Å². The van der Waals surface area contributed by atoms with Crippen molar-refractivity contribution in [2.24, 2.45) is 5.73 Å². The largest absolute Gasteiger partial charge is 0.370 e. The number of hydrogen-bond acceptors (Lipinski definition) is 2. The molecule has 0 spiro atoms. The summed E-state index contributed by atoms with van der Waals surface area (Å²) in [5, 5.41) is 3.00. The van der Waals surface area contributed by atoms with E-state index in [1.165, 1.54) is 0 Å². The summed E-state index contributed by atoms with van der Waals surface area (Å²) in [6, 6.07) is 0. The molecule has 0 heterocycles. The van der Waals surface area contributed by atoms with E-state index >= 15 is 0 Å². The summed E-state index contributed by atoms with van der Waals surface area (Å²) in [6.45, 7) is 4.27. The molecule has 0 aromatic carbocycles. The molecule has 62 valence electrons. The normalized spacial score (nSPS) is 10.6. The van der Waals surface area contributed by atoms with Crippen LogP contribution in [0.4, 0.5) is 0 Å². The Morgan fingerprint density at radius 3 is 2.64 bits per heavy atom. The first-order chi connectivity index (χ1) is 4.98. The molecule has 3 N–H and O–H groups in total. The van der Waals surface area contributed by atoms with Crippen LogP contribution in [0.25, 0.3) is 0 Å². The minimum absolute atomic E-state index is 0.315. The van der Waals surface area contributed by atoms with Crippen molar-refractivity contribution in [1.29, 1.82) is 0 Å². The van der Waals surface area contributed by atoms with Crippen LogP contribution in [0.1, 0.15) is 20.3 Å². The van der Waals surface area contributed by atoms with E-state index in [1.54, 1.807) is 0 Å². The van der Waals surface area contributed by atoms with Crippen LogP contribution < -0.4 is 11.1 Å². The molecule has 0 rings (SSSR count). The van der Waals surface area contributed by atoms with Crippen LogP contribution in [0.3, 0.4) is 0 Å². The summed E-state index contributed by atoms with van der Waals surface area (Å²) < 4.78 is 0. The number of nitrogens with one attached hydrogen (secondary N) is 1. The lowest BCUT2D eigenvalue weighted by atomic mass is 10.1. The van der Waals surface area contributed by atoms with Crippen LogP contribution >= 0.6 is 0 Å². The molecule has 0 aromatic heterocycles. The molecule has 0 bridgehead atoms. The van der Waals surface area contributed by atoms with Crippen molar-refractivity contribution in [3.63, 3.8) is 0 Å². The van der Waals surface area contributed by atoms with Crippen LogP contribution in [-0.2, 0) is 4.79 Å². The highest BCUT2D eigenvalue weighted by molar-refractivity contribution is 5.73. The van der Waals surface area contributed by atoms with E-state index in [4.69, 9.17) is 12.2 Å². The Labute approximate surface area is 67.3 Å². The molecule has 0 radical (unpaired) electrons. The maximum Gasteiger partial charge on any atom is 0.218 e. The highest BCUT2D eigenvalue weighted by Crippen LogP contribution is 1.97. The first-order valence-corrected chi connectivity index (χ1v) is 3.49. The van der Waals surface area contributed by atoms with Crippen LogP contribution in [0.5, 0.6) is 0 Å². The molecule has 0 aliphatic carbocycles. The molecule has 0 aliphatic heterocycles. The molecule has 0 saturated carbocycles. The zero-order valence-electron chi connectivity index (χ0n) is 6.98. The van der Waals surface area contributed by atoms with Crippen molar-refractivity contribution >= 4 is 5.91 Å². The maximum atomic E-state index is 10.3. The number of rotatable bonds is 4. The fraction of sp³-hybridized carbons (Fsp3) is 0.625. The van der Waals surface area contributed by atoms with Gasteiger partial charge in [0, 0.05) is 13.0 Å². The van der Waals surface area contributed by atoms with Crippen LogP contribution in [-0.4, -0.2) is 18.0 Å². The molecule has 3 nitrogen and oxygen atoms in total. The lowest BCUT2D eigenvalue weighted by Crippen LogP contribution is -2.39. The smallest absolute Gasteiger partial charge is 0.218 e. The molecule has 0 unspecified atom stereocenters. The summed E-state index contributed by atoms with van der Waals surface area (Å²) in [6.07, 6.45) is 5.52. The predicted octanol–water partition coefficient (Wildman–Crippen LogP) is -0.137. The number of primary amides is 1. The van der Waals surface area contributed by atoms with E-state index in [2.05, 4.69) is 11.2 Å². The standard InChI is InChI=1S/C8H14N2O/c1-4-8(2,3)10-6-5-7(9)11/h1,10H,5-6H2,2-3H3,(H2,9,11). The Hall–Kier alpha value is -1.01. The quantitative estimate of drug-likeness (QED) is 0.554. The maximum absolute atomic E-state index is 10.3. The lowest BCUT2D eigenvalue weighted by Gasteiger charge is -2.18. The lowest BCUT2D eigenvalue weighted by molar-refractivity contribution is -0.117. The molecular weight excluding hydrogens is 140 g/mol. The summed E-state index contributed by atoms with van der Waals surface area (Å²) in [5.74, 6) is 2.24. The monoisotopic (exact) mass is 154 g/mol. The van der Waals surface area contributed by atoms with E-state index in [0.29, 0.717) is 13.0 Å². The Morgan fingerprint density at radius 2 is 2.27 bits per heavy atom. The second kappa shape index (κ2) is 3.99. The van der Waals surface area contributed by atoms with E-state index < -0.39 is 0 Å². The average Bonchev–Trinajstić information content (AvgIpc) is 1.87. The molecule has 11 heavy (non-hydrogen) atoms. The third-order valence-corrected chi connectivity index (χ3v) is 1.30. The van der Waals surface area contributed by atoms with Crippen molar-refractivity contribution < 1.29 is 4.79 Å². The van der Waals surface area contributed by atoms with E-state index in [9.17, 15) is 4.79 Å². The van der Waals surface area contributed by atoms with Gasteiger partial charge in [-0.1, -0.05) is 5.92 Å². The van der Waals surface area contributed by atoms with E-state index in [0.717, 1.165) is 0 Å². The van der Waals surface area contributed by atoms with Gasteiger partial charge in [0.15, 0.2) is 0 Å². The van der Waals surface area contributed by atoms with Crippen LogP contribution in [0.2, 0.25) is 0 Å². The van der Waals surface area contributed by atoms with Gasteiger partial charge in [0.1, 0.15) is 0 Å². The topological polar surface area (TPSA) is 55.1 Å². The number of carbonyl (C=O) groups is 1. The van der Waals surface area contributed by atoms with Gasteiger partial charge in [0.2, 0.25) is 5.91 Å². The molecule has 0 fully saturated rings. The Kier molecular flexibility index (Phi) is 3.63. The minimum Gasteiger partial charge on any atom is -0.370 e. The molecule has 1 amide bonds. The summed E-state index contributed by atoms with van der Waals surface area (Å²) in [5.41, 5.74) is 4.58. The van der Waals surface area contributed by atoms with Crippen molar-refractivity contribution in [1.82, 2.24) is 5.32 Å². The molecule has 0 atom stereocenters. The molecule has 0 aliphatic rings. The summed E-state index contributed by atoms with van der Waals surface area (Å²) in [7, 11) is 0. The van der Waals surface area contributed by atoms with E-state index in [-0.39, 0.29) is 11.4 Å². The highest BCUT2D eigenvalue weighted by Gasteiger charge is 2.11. The van der Waals surface area contributed by atoms with Crippen molar-refractivity contribution in [3.05, 3.63) is 0 Å². The zero-order valence-corrected chi connectivity index (χ0v) is 6.98. The second-order valence-corrected chi connectivity index (χ2v) is 2.91. The van der Waals surface area contributed by atoms with Crippen LogP contribution in [0, 0.1) is 12.3 Å². The third kappa shape index (κ3) is 5.43. The van der Waals surface area contributed by atoms with Gasteiger partial charge in [-0.2, -0.15) is 0 Å². The van der Waals surface area contributed by atoms with Crippen molar-refractivity contribution in [3.8, 4) is 12.3 Å². The fourth-order valence-corrected chi connectivity index (χ4v) is 0.549. The van der Waals surface area contributed by atoms with Gasteiger partial charge >= 0.3 is 0 Å². The van der Waals surface area contributed by atoms with Gasteiger partial charge in [0.05, 0.1) is 5.54 Å². The summed E-state index contributed by atoms with van der Waals surface area (Å²) >= 11 is 0. The van der Waals surface area contributed by atoms with Gasteiger partial charge in [0.25, 0.3) is 0 Å². The third-order valence-electron chi connectivity index (χ3n) is 1.30. The highest BCUT2D eigenvalue weighted by atomic mass is 16.1. The minimum atomic E-state index is -0.352. The van der Waals surface area contributed by atoms with E-state index in [1.807, 2.05) is 13.8 Å². The SMILES string of the molecule is C#CC(C)(C)NCCC(N)=O. The van der Waals surface area contributed by atoms with Gasteiger partial charge in [-0.3, -0.25) is 4.79 Å². The Balaban J connectivity index is 3.56. The Bertz CT molecular complexity index is 179. The fourth-order valence-electron chi connectivity index (χ4n) is 0.549. The first kappa shape index (κ1) is 9.99. The van der Waals surface area contributed by atoms with Crippen molar-refractivity contribution in [2.45, 2.75) is 25.8 Å². The van der Waals surface area contributed by atoms with Crippen LogP contribution in [0.15, 0.2) is 0 Å². The summed E-state index contributed by atoms with van der Waals surface area (Å²) in [4.78, 5) is 10.3. The molecule has 0 saturated heterocycles. The molecule has 0 aromatic rings. The van der Waals surface area contributed by atoms with Gasteiger partial charge in [-0.05, 0) is 13.8 Å². The number of amides is 1. The Morgan fingerprint density at radius 1 is 1.73 bits per heavy atom. The second-order valence-electron chi connectivity index (χ2n) is 2.91. The predicted molar refractivity (Wildman–Crippen MR) is 44.7 cm³/mol. The number of hydrogen-bond donors (Lipinski definition) is 2. The van der Waals surface area contributed by atoms with Crippen molar-refractivity contribution in [2.75, 3.05) is 6.54 Å². The first-order valence-electron chi connectivity index (χ1n) is 3.49. The number of carbonyl (C=O) groups excluding carboxylic acids is 1. The van der Waals surface area contributed by atoms with Gasteiger partial charge < -0.3 is 11.1 Å². The number of nitrogens with two attached hydrogens (primary N) is 1. The molecular formula is C8H14N2O. The number of terminal acetylenes is 1. The molecule has 3 heteroatoms. The van der Waals surface area contributed by atoms with Gasteiger partial charge in [-0.15, -0.1) is 6.42 Å². The zero-order chi connectivity index (χ0) is 8.91. The average molecular weight is 154 g/mol.